The number of carboxylic acid groups (broad SMARTS) is 1. The number of pyridine rings is 1. The fourth-order valence-electron chi connectivity index (χ4n) is 1.10. The minimum atomic E-state index is -0.971. The lowest BCUT2D eigenvalue weighted by Crippen LogP contribution is -2.25. The number of anilines is 1. The van der Waals surface area contributed by atoms with E-state index in [9.17, 15) is 9.59 Å². The Balaban J connectivity index is 2.68. The minimum absolute atomic E-state index is 0.300. The topological polar surface area (TPSA) is 88.5 Å². The Kier molecular flexibility index (Phi) is 4.45. The highest BCUT2D eigenvalue weighted by Gasteiger charge is 2.11. The molecule has 0 saturated heterocycles. The summed E-state index contributed by atoms with van der Waals surface area (Å²) in [5.41, 5.74) is 0.334. The molecule has 0 aliphatic rings. The lowest BCUT2D eigenvalue weighted by atomic mass is 10.2. The summed E-state index contributed by atoms with van der Waals surface area (Å²) < 4.78 is 4.79. The average Bonchev–Trinajstić information content (AvgIpc) is 2.30. The molecule has 0 saturated carbocycles. The number of aliphatic carboxylic acids is 1. The van der Waals surface area contributed by atoms with Crippen LogP contribution >= 0.6 is 0 Å². The summed E-state index contributed by atoms with van der Waals surface area (Å²) >= 11 is 0. The van der Waals surface area contributed by atoms with Crippen LogP contribution in [-0.2, 0) is 9.53 Å². The number of rotatable bonds is 5. The van der Waals surface area contributed by atoms with E-state index in [1.165, 1.54) is 25.3 Å². The van der Waals surface area contributed by atoms with Gasteiger partial charge >= 0.3 is 11.9 Å². The second-order valence-electron chi connectivity index (χ2n) is 3.36. The molecule has 0 bridgehead atoms. The van der Waals surface area contributed by atoms with E-state index in [4.69, 9.17) is 9.84 Å². The van der Waals surface area contributed by atoms with Crippen molar-refractivity contribution in [2.24, 2.45) is 0 Å². The van der Waals surface area contributed by atoms with E-state index in [0.717, 1.165) is 0 Å². The first-order chi connectivity index (χ1) is 8.04. The molecular formula is C11H14N2O4. The summed E-state index contributed by atoms with van der Waals surface area (Å²) in [7, 11) is 0. The second-order valence-corrected chi connectivity index (χ2v) is 3.36. The van der Waals surface area contributed by atoms with E-state index in [2.05, 4.69) is 10.3 Å². The SMILES string of the molecule is CCOC(=O)c1ccc(NC(C)C(=O)O)nc1. The van der Waals surface area contributed by atoms with Gasteiger partial charge < -0.3 is 15.2 Å². The van der Waals surface area contributed by atoms with Crippen molar-refractivity contribution >= 4 is 17.8 Å². The quantitative estimate of drug-likeness (QED) is 0.748. The van der Waals surface area contributed by atoms with Crippen LogP contribution in [0.5, 0.6) is 0 Å². The second kappa shape index (κ2) is 5.83. The third-order valence-electron chi connectivity index (χ3n) is 2.01. The van der Waals surface area contributed by atoms with E-state index < -0.39 is 18.0 Å². The van der Waals surface area contributed by atoms with Gasteiger partial charge in [0.15, 0.2) is 0 Å². The first-order valence-electron chi connectivity index (χ1n) is 5.17. The number of hydrogen-bond donors (Lipinski definition) is 2. The first-order valence-corrected chi connectivity index (χ1v) is 5.17. The van der Waals surface area contributed by atoms with Gasteiger partial charge in [0.25, 0.3) is 0 Å². The predicted octanol–water partition coefficient (Wildman–Crippen LogP) is 1.14. The normalized spacial score (nSPS) is 11.6. The summed E-state index contributed by atoms with van der Waals surface area (Å²) in [6.07, 6.45) is 1.34. The van der Waals surface area contributed by atoms with Gasteiger partial charge in [-0.3, -0.25) is 4.79 Å². The Morgan fingerprint density at radius 1 is 1.53 bits per heavy atom. The molecule has 0 radical (unpaired) electrons. The fourth-order valence-corrected chi connectivity index (χ4v) is 1.10. The molecule has 0 fully saturated rings. The van der Waals surface area contributed by atoms with Gasteiger partial charge in [0.05, 0.1) is 12.2 Å². The molecule has 0 aliphatic carbocycles. The van der Waals surface area contributed by atoms with Crippen molar-refractivity contribution < 1.29 is 19.4 Å². The van der Waals surface area contributed by atoms with Gasteiger partial charge in [-0.1, -0.05) is 0 Å². The molecule has 1 aromatic heterocycles. The molecule has 0 spiro atoms. The van der Waals surface area contributed by atoms with Crippen molar-refractivity contribution in [2.75, 3.05) is 11.9 Å². The first kappa shape index (κ1) is 13.0. The Hall–Kier alpha value is -2.11. The summed E-state index contributed by atoms with van der Waals surface area (Å²) in [4.78, 5) is 25.8. The van der Waals surface area contributed by atoms with Gasteiger partial charge in [0.2, 0.25) is 0 Å². The van der Waals surface area contributed by atoms with E-state index in [-0.39, 0.29) is 0 Å². The van der Waals surface area contributed by atoms with Crippen LogP contribution in [0, 0.1) is 0 Å². The Morgan fingerprint density at radius 3 is 2.71 bits per heavy atom. The van der Waals surface area contributed by atoms with Crippen LogP contribution in [0.3, 0.4) is 0 Å². The highest BCUT2D eigenvalue weighted by atomic mass is 16.5. The summed E-state index contributed by atoms with van der Waals surface area (Å²) in [6.45, 7) is 3.52. The number of ether oxygens (including phenoxy) is 1. The number of carbonyl (C=O) groups excluding carboxylic acids is 1. The van der Waals surface area contributed by atoms with Crippen molar-refractivity contribution in [3.05, 3.63) is 23.9 Å². The largest absolute Gasteiger partial charge is 0.480 e. The van der Waals surface area contributed by atoms with Gasteiger partial charge in [-0.15, -0.1) is 0 Å². The minimum Gasteiger partial charge on any atom is -0.480 e. The van der Waals surface area contributed by atoms with Gasteiger partial charge in [0.1, 0.15) is 11.9 Å². The molecule has 1 atom stereocenters. The highest BCUT2D eigenvalue weighted by Crippen LogP contribution is 2.07. The van der Waals surface area contributed by atoms with Crippen LogP contribution in [0.15, 0.2) is 18.3 Å². The van der Waals surface area contributed by atoms with Crippen molar-refractivity contribution in [2.45, 2.75) is 19.9 Å². The van der Waals surface area contributed by atoms with E-state index >= 15 is 0 Å². The fraction of sp³-hybridized carbons (Fsp3) is 0.364. The number of nitrogens with one attached hydrogen (secondary N) is 1. The third kappa shape index (κ3) is 3.75. The zero-order valence-electron chi connectivity index (χ0n) is 9.64. The van der Waals surface area contributed by atoms with Crippen LogP contribution in [0.25, 0.3) is 0 Å². The number of carboxylic acids is 1. The van der Waals surface area contributed by atoms with Crippen molar-refractivity contribution in [3.8, 4) is 0 Å². The van der Waals surface area contributed by atoms with Crippen molar-refractivity contribution in [3.63, 3.8) is 0 Å². The Bertz CT molecular complexity index is 402. The van der Waals surface area contributed by atoms with Crippen LogP contribution in [0.4, 0.5) is 5.82 Å². The number of esters is 1. The molecule has 1 heterocycles. The van der Waals surface area contributed by atoms with E-state index in [1.54, 1.807) is 6.92 Å². The molecule has 1 rings (SSSR count). The number of carbonyl (C=O) groups is 2. The molecule has 6 heteroatoms. The lowest BCUT2D eigenvalue weighted by molar-refractivity contribution is -0.137. The molecule has 2 N–H and O–H groups in total. The maximum absolute atomic E-state index is 11.3. The van der Waals surface area contributed by atoms with Gasteiger partial charge in [0, 0.05) is 6.20 Å². The summed E-state index contributed by atoms with van der Waals surface area (Å²) in [6, 6.07) is 2.32. The number of hydrogen-bond acceptors (Lipinski definition) is 5. The predicted molar refractivity (Wildman–Crippen MR) is 60.9 cm³/mol. The average molecular weight is 238 g/mol. The van der Waals surface area contributed by atoms with E-state index in [1.807, 2.05) is 0 Å². The Morgan fingerprint density at radius 2 is 2.24 bits per heavy atom. The molecule has 1 aromatic rings. The summed E-state index contributed by atoms with van der Waals surface area (Å²) in [5.74, 6) is -1.02. The number of nitrogens with zero attached hydrogens (tertiary/aromatic N) is 1. The van der Waals surface area contributed by atoms with Crippen LogP contribution < -0.4 is 5.32 Å². The molecule has 6 nitrogen and oxygen atoms in total. The zero-order valence-corrected chi connectivity index (χ0v) is 9.64. The van der Waals surface area contributed by atoms with Crippen LogP contribution in [0.1, 0.15) is 24.2 Å². The summed E-state index contributed by atoms with van der Waals surface area (Å²) in [5, 5.41) is 11.4. The standard InChI is InChI=1S/C11H14N2O4/c1-3-17-11(16)8-4-5-9(12-6-8)13-7(2)10(14)15/h4-7H,3H2,1-2H3,(H,12,13)(H,14,15). The molecule has 0 aliphatic heterocycles. The molecule has 0 amide bonds. The van der Waals surface area contributed by atoms with Crippen LogP contribution in [-0.4, -0.2) is 34.7 Å². The molecule has 0 aromatic carbocycles. The lowest BCUT2D eigenvalue weighted by Gasteiger charge is -2.09. The van der Waals surface area contributed by atoms with Crippen molar-refractivity contribution in [1.29, 1.82) is 0 Å². The van der Waals surface area contributed by atoms with Crippen LogP contribution in [0.2, 0.25) is 0 Å². The van der Waals surface area contributed by atoms with Gasteiger partial charge in [-0.2, -0.15) is 0 Å². The maximum Gasteiger partial charge on any atom is 0.339 e. The van der Waals surface area contributed by atoms with Gasteiger partial charge in [-0.05, 0) is 26.0 Å². The zero-order chi connectivity index (χ0) is 12.8. The van der Waals surface area contributed by atoms with Gasteiger partial charge in [-0.25, -0.2) is 9.78 Å². The molecule has 92 valence electrons. The molecule has 17 heavy (non-hydrogen) atoms. The highest BCUT2D eigenvalue weighted by molar-refractivity contribution is 5.89. The third-order valence-corrected chi connectivity index (χ3v) is 2.01. The maximum atomic E-state index is 11.3. The van der Waals surface area contributed by atoms with E-state index in [0.29, 0.717) is 18.0 Å². The monoisotopic (exact) mass is 238 g/mol. The smallest absolute Gasteiger partial charge is 0.339 e. The molecule has 1 unspecified atom stereocenters. The Labute approximate surface area is 98.6 Å². The van der Waals surface area contributed by atoms with Crippen molar-refractivity contribution in [1.82, 2.24) is 4.98 Å². The number of aromatic nitrogens is 1. The molecular weight excluding hydrogens is 224 g/mol.